The van der Waals surface area contributed by atoms with Crippen molar-refractivity contribution in [3.63, 3.8) is 0 Å². The van der Waals surface area contributed by atoms with Crippen LogP contribution in [0.5, 0.6) is 0 Å². The van der Waals surface area contributed by atoms with Gasteiger partial charge in [0.1, 0.15) is 0 Å². The van der Waals surface area contributed by atoms with Gasteiger partial charge in [0.05, 0.1) is 12.1 Å². The van der Waals surface area contributed by atoms with Gasteiger partial charge in [-0.15, -0.1) is 0 Å². The van der Waals surface area contributed by atoms with Crippen molar-refractivity contribution >= 4 is 11.6 Å². The molecule has 2 heterocycles. The van der Waals surface area contributed by atoms with Crippen molar-refractivity contribution in [1.29, 1.82) is 0 Å². The topological polar surface area (TPSA) is 65.8 Å². The van der Waals surface area contributed by atoms with Gasteiger partial charge in [-0.1, -0.05) is 30.3 Å². The second-order valence-electron chi connectivity index (χ2n) is 5.26. The fourth-order valence-corrected chi connectivity index (χ4v) is 2.39. The van der Waals surface area contributed by atoms with Crippen LogP contribution in [-0.4, -0.2) is 38.6 Å². The molecular formula is C16H12F3N3O2. The first-order chi connectivity index (χ1) is 11.3. The van der Waals surface area contributed by atoms with E-state index in [9.17, 15) is 23.1 Å². The van der Waals surface area contributed by atoms with E-state index in [1.807, 2.05) is 0 Å². The maximum atomic E-state index is 13.4. The Kier molecular flexibility index (Phi) is 3.84. The molecular weight excluding hydrogens is 323 g/mol. The quantitative estimate of drug-likeness (QED) is 0.917. The molecule has 0 aliphatic carbocycles. The van der Waals surface area contributed by atoms with E-state index < -0.39 is 24.2 Å². The number of pyridine rings is 1. The van der Waals surface area contributed by atoms with Crippen molar-refractivity contribution in [2.24, 2.45) is 5.10 Å². The van der Waals surface area contributed by atoms with Crippen LogP contribution in [0.25, 0.3) is 0 Å². The number of hydrazone groups is 1. The number of halogens is 3. The van der Waals surface area contributed by atoms with Crippen LogP contribution in [-0.2, 0) is 0 Å². The molecule has 124 valence electrons. The molecule has 1 aliphatic heterocycles. The molecule has 0 bridgehead atoms. The van der Waals surface area contributed by atoms with Crippen LogP contribution in [0.1, 0.15) is 22.3 Å². The maximum Gasteiger partial charge on any atom is 0.438 e. The highest BCUT2D eigenvalue weighted by Gasteiger charge is 2.63. The molecule has 1 aromatic heterocycles. The van der Waals surface area contributed by atoms with E-state index in [-0.39, 0.29) is 16.3 Å². The fourth-order valence-electron chi connectivity index (χ4n) is 2.39. The summed E-state index contributed by atoms with van der Waals surface area (Å²) in [6.07, 6.45) is -3.34. The number of aliphatic hydroxyl groups is 1. The van der Waals surface area contributed by atoms with Gasteiger partial charge in [-0.2, -0.15) is 23.3 Å². The molecule has 1 N–H and O–H groups in total. The highest BCUT2D eigenvalue weighted by Crippen LogP contribution is 2.41. The lowest BCUT2D eigenvalue weighted by molar-refractivity contribution is -0.297. The van der Waals surface area contributed by atoms with Gasteiger partial charge in [-0.05, 0) is 17.7 Å². The first-order valence-electron chi connectivity index (χ1n) is 6.99. The molecule has 24 heavy (non-hydrogen) atoms. The van der Waals surface area contributed by atoms with Crippen LogP contribution in [0.15, 0.2) is 60.0 Å². The second-order valence-corrected chi connectivity index (χ2v) is 5.26. The number of carbonyl (C=O) groups is 1. The maximum absolute atomic E-state index is 13.4. The third kappa shape index (κ3) is 2.65. The van der Waals surface area contributed by atoms with Crippen molar-refractivity contribution in [3.05, 3.63) is 66.0 Å². The molecule has 0 radical (unpaired) electrons. The number of hydrogen-bond donors (Lipinski definition) is 1. The van der Waals surface area contributed by atoms with Crippen LogP contribution >= 0.6 is 0 Å². The number of nitrogens with zero attached hydrogens (tertiary/aromatic N) is 3. The van der Waals surface area contributed by atoms with Crippen molar-refractivity contribution in [3.8, 4) is 0 Å². The number of aromatic nitrogens is 1. The lowest BCUT2D eigenvalue weighted by atomic mass is 10.0. The van der Waals surface area contributed by atoms with Gasteiger partial charge in [0.25, 0.3) is 11.6 Å². The predicted molar refractivity (Wildman–Crippen MR) is 79.0 cm³/mol. The zero-order valence-corrected chi connectivity index (χ0v) is 12.2. The summed E-state index contributed by atoms with van der Waals surface area (Å²) in [5.41, 5.74) is -3.05. The van der Waals surface area contributed by atoms with Crippen LogP contribution in [0.3, 0.4) is 0 Å². The summed E-state index contributed by atoms with van der Waals surface area (Å²) >= 11 is 0. The third-order valence-electron chi connectivity index (χ3n) is 3.67. The number of rotatable bonds is 2. The van der Waals surface area contributed by atoms with Crippen LogP contribution in [0, 0.1) is 0 Å². The van der Waals surface area contributed by atoms with Gasteiger partial charge in [-0.25, -0.2) is 0 Å². The van der Waals surface area contributed by atoms with Gasteiger partial charge in [-0.3, -0.25) is 9.78 Å². The highest BCUT2D eigenvalue weighted by molar-refractivity contribution is 6.05. The molecule has 5 nitrogen and oxygen atoms in total. The molecule has 8 heteroatoms. The Labute approximate surface area is 135 Å². The number of alkyl halides is 3. The Morgan fingerprint density at radius 2 is 1.75 bits per heavy atom. The number of hydrogen-bond acceptors (Lipinski definition) is 4. The second kappa shape index (κ2) is 5.72. The summed E-state index contributed by atoms with van der Waals surface area (Å²) in [5, 5.41) is 14.1. The Morgan fingerprint density at radius 1 is 1.12 bits per heavy atom. The smallest absolute Gasteiger partial charge is 0.362 e. The number of amides is 1. The van der Waals surface area contributed by atoms with Crippen LogP contribution < -0.4 is 0 Å². The van der Waals surface area contributed by atoms with Gasteiger partial charge >= 0.3 is 6.18 Å². The molecule has 0 spiro atoms. The summed E-state index contributed by atoms with van der Waals surface area (Å²) in [6, 6.07) is 10.6. The van der Waals surface area contributed by atoms with Gasteiger partial charge in [0.2, 0.25) is 0 Å². The minimum Gasteiger partial charge on any atom is -0.362 e. The minimum atomic E-state index is -5.06. The average Bonchev–Trinajstić information content (AvgIpc) is 2.95. The SMILES string of the molecule is O=C(c1ccncc1)N1N=C(c2ccccc2)C[C@]1(O)C(F)(F)F. The number of benzene rings is 1. The predicted octanol–water partition coefficient (Wildman–Crippen LogP) is 2.58. The van der Waals surface area contributed by atoms with E-state index in [4.69, 9.17) is 0 Å². The molecule has 1 aliphatic rings. The highest BCUT2D eigenvalue weighted by atomic mass is 19.4. The molecule has 1 atom stereocenters. The van der Waals surface area contributed by atoms with Crippen molar-refractivity contribution in [2.45, 2.75) is 18.3 Å². The fraction of sp³-hybridized carbons (Fsp3) is 0.188. The normalized spacial score (nSPS) is 20.8. The van der Waals surface area contributed by atoms with E-state index in [1.165, 1.54) is 24.5 Å². The third-order valence-corrected chi connectivity index (χ3v) is 3.67. The largest absolute Gasteiger partial charge is 0.438 e. The summed E-state index contributed by atoms with van der Waals surface area (Å²) in [6.45, 7) is 0. The zero-order chi connectivity index (χ0) is 17.4. The van der Waals surface area contributed by atoms with Crippen LogP contribution in [0.2, 0.25) is 0 Å². The Morgan fingerprint density at radius 3 is 2.33 bits per heavy atom. The van der Waals surface area contributed by atoms with Gasteiger partial charge in [0, 0.05) is 18.0 Å². The van der Waals surface area contributed by atoms with E-state index in [2.05, 4.69) is 10.1 Å². The minimum absolute atomic E-state index is 0.0159. The molecule has 0 fully saturated rings. The molecule has 0 unspecified atom stereocenters. The first-order valence-corrected chi connectivity index (χ1v) is 6.99. The van der Waals surface area contributed by atoms with Crippen molar-refractivity contribution in [2.75, 3.05) is 0 Å². The van der Waals surface area contributed by atoms with Crippen molar-refractivity contribution in [1.82, 2.24) is 9.99 Å². The molecule has 0 saturated heterocycles. The molecule has 1 aromatic carbocycles. The molecule has 0 saturated carbocycles. The average molecular weight is 335 g/mol. The first kappa shape index (κ1) is 16.1. The van der Waals surface area contributed by atoms with Crippen molar-refractivity contribution < 1.29 is 23.1 Å². The Bertz CT molecular complexity index is 778. The molecule has 2 aromatic rings. The van der Waals surface area contributed by atoms with E-state index in [0.717, 1.165) is 0 Å². The lowest BCUT2D eigenvalue weighted by Crippen LogP contribution is -2.56. The summed E-state index contributed by atoms with van der Waals surface area (Å²) < 4.78 is 40.3. The molecule has 1 amide bonds. The Hall–Kier alpha value is -2.74. The van der Waals surface area contributed by atoms with Gasteiger partial charge in [0.15, 0.2) is 0 Å². The van der Waals surface area contributed by atoms with E-state index in [0.29, 0.717) is 5.56 Å². The van der Waals surface area contributed by atoms with Gasteiger partial charge < -0.3 is 5.11 Å². The van der Waals surface area contributed by atoms with E-state index in [1.54, 1.807) is 30.3 Å². The number of carbonyl (C=O) groups excluding carboxylic acids is 1. The lowest BCUT2D eigenvalue weighted by Gasteiger charge is -2.32. The monoisotopic (exact) mass is 335 g/mol. The Balaban J connectivity index is 2.05. The summed E-state index contributed by atoms with van der Waals surface area (Å²) in [7, 11) is 0. The summed E-state index contributed by atoms with van der Waals surface area (Å²) in [5.74, 6) is -1.05. The molecule has 3 rings (SSSR count). The zero-order valence-electron chi connectivity index (χ0n) is 12.2. The van der Waals surface area contributed by atoms with Crippen LogP contribution in [0.4, 0.5) is 13.2 Å². The summed E-state index contributed by atoms with van der Waals surface area (Å²) in [4.78, 5) is 16.1. The standard InChI is InChI=1S/C16H12F3N3O2/c17-16(18,19)15(24)10-13(11-4-2-1-3-5-11)21-22(15)14(23)12-6-8-20-9-7-12/h1-9,24H,10H2/t15-/m0/s1. The van der Waals surface area contributed by atoms with E-state index >= 15 is 0 Å².